The van der Waals surface area contributed by atoms with E-state index in [0.29, 0.717) is 23.9 Å². The fourth-order valence-corrected chi connectivity index (χ4v) is 7.52. The van der Waals surface area contributed by atoms with E-state index in [1.807, 2.05) is 21.1 Å². The number of quaternary nitrogens is 1. The summed E-state index contributed by atoms with van der Waals surface area (Å²) in [6.45, 7) is 3.95. The molecular formula is C66H104NO8P. The third-order valence-corrected chi connectivity index (χ3v) is 12.2. The van der Waals surface area contributed by atoms with Crippen LogP contribution in [0.2, 0.25) is 0 Å². The van der Waals surface area contributed by atoms with Crippen molar-refractivity contribution in [3.63, 3.8) is 0 Å². The van der Waals surface area contributed by atoms with E-state index in [1.165, 1.54) is 6.42 Å². The Balaban J connectivity index is 4.25. The number of hydrogen-bond donors (Lipinski definition) is 0. The minimum absolute atomic E-state index is 0.0516. The largest absolute Gasteiger partial charge is 0.756 e. The second-order valence-electron chi connectivity index (χ2n) is 19.6. The zero-order chi connectivity index (χ0) is 55.6. The molecule has 0 aromatic rings. The van der Waals surface area contributed by atoms with Crippen molar-refractivity contribution in [1.29, 1.82) is 0 Å². The number of nitrogens with zero attached hydrogens (tertiary/aromatic N) is 1. The Bertz CT molecular complexity index is 1880. The van der Waals surface area contributed by atoms with Crippen LogP contribution in [0.5, 0.6) is 0 Å². The van der Waals surface area contributed by atoms with Crippen molar-refractivity contribution in [3.8, 4) is 0 Å². The lowest BCUT2D eigenvalue weighted by Crippen LogP contribution is -2.37. The molecule has 10 heteroatoms. The number of hydrogen-bond acceptors (Lipinski definition) is 8. The monoisotopic (exact) mass is 1070 g/mol. The van der Waals surface area contributed by atoms with Crippen molar-refractivity contribution in [2.45, 2.75) is 187 Å². The van der Waals surface area contributed by atoms with Crippen molar-refractivity contribution < 1.29 is 42.1 Å². The van der Waals surface area contributed by atoms with Crippen LogP contribution < -0.4 is 4.89 Å². The molecule has 2 atom stereocenters. The molecule has 0 aliphatic rings. The number of rotatable bonds is 50. The molecule has 0 amide bonds. The van der Waals surface area contributed by atoms with Crippen LogP contribution in [0.4, 0.5) is 0 Å². The second kappa shape index (κ2) is 55.1. The van der Waals surface area contributed by atoms with E-state index in [-0.39, 0.29) is 26.1 Å². The third kappa shape index (κ3) is 58.6. The number of carbonyl (C=O) groups excluding carboxylic acids is 2. The zero-order valence-electron chi connectivity index (χ0n) is 48.1. The van der Waals surface area contributed by atoms with Gasteiger partial charge in [0.25, 0.3) is 7.82 Å². The second-order valence-corrected chi connectivity index (χ2v) is 21.0. The van der Waals surface area contributed by atoms with Crippen LogP contribution in [-0.4, -0.2) is 70.0 Å². The van der Waals surface area contributed by atoms with E-state index in [0.717, 1.165) is 135 Å². The summed E-state index contributed by atoms with van der Waals surface area (Å²) in [7, 11) is 1.10. The molecule has 0 aliphatic heterocycles. The molecule has 0 fully saturated rings. The molecule has 0 radical (unpaired) electrons. The molecule has 9 nitrogen and oxygen atoms in total. The maximum atomic E-state index is 12.8. The van der Waals surface area contributed by atoms with Crippen LogP contribution in [0.1, 0.15) is 181 Å². The average molecular weight is 1070 g/mol. The van der Waals surface area contributed by atoms with Gasteiger partial charge in [-0.05, 0) is 128 Å². The summed E-state index contributed by atoms with van der Waals surface area (Å²) >= 11 is 0. The first-order valence-corrected chi connectivity index (χ1v) is 30.3. The molecule has 0 N–H and O–H groups in total. The topological polar surface area (TPSA) is 111 Å². The highest BCUT2D eigenvalue weighted by molar-refractivity contribution is 7.45. The highest BCUT2D eigenvalue weighted by atomic mass is 31.2. The number of allylic oxidation sites excluding steroid dienone is 28. The molecule has 0 bridgehead atoms. The first kappa shape index (κ1) is 71.4. The molecule has 0 aliphatic carbocycles. The van der Waals surface area contributed by atoms with Crippen molar-refractivity contribution in [2.24, 2.45) is 0 Å². The van der Waals surface area contributed by atoms with Gasteiger partial charge in [-0.3, -0.25) is 14.2 Å². The van der Waals surface area contributed by atoms with E-state index in [9.17, 15) is 19.0 Å². The van der Waals surface area contributed by atoms with Gasteiger partial charge in [-0.15, -0.1) is 0 Å². The van der Waals surface area contributed by atoms with Gasteiger partial charge in [-0.1, -0.05) is 210 Å². The number of likely N-dealkylation sites (N-methyl/N-ethyl adjacent to an activating group) is 1. The van der Waals surface area contributed by atoms with Gasteiger partial charge >= 0.3 is 11.9 Å². The number of esters is 2. The fraction of sp³-hybridized carbons (Fsp3) is 0.545. The standard InChI is InChI=1S/C66H104NO8P/c1-6-8-10-12-14-16-18-20-21-22-23-24-25-26-27-28-29-30-31-32-33-34-35-36-37-38-39-40-41-42-43-44-45-47-49-51-53-55-57-59-66(69)75-64(63-74-76(70,71)73-61-60-67(3,4)5)62-72-65(68)58-56-54-52-50-48-46-19-17-15-13-11-9-7-2/h8,10-11,13-14,16-17,19-21,23-24,26-27,29-30,32-33,35-36,38-39,41-42,44-45,49,51,64H,6-7,9,12,15,18,22,25,28,31,34,37,40,43,46-48,50,52-63H2,1-5H3/b10-8-,13-11-,16-14-,19-17-,21-20-,24-23-,27-26-,30-29-,33-32-,36-35-,39-38-,42-41-,45-44-,51-49-. The van der Waals surface area contributed by atoms with Gasteiger partial charge in [0, 0.05) is 12.8 Å². The summed E-state index contributed by atoms with van der Waals surface area (Å²) in [6, 6.07) is 0. The fourth-order valence-electron chi connectivity index (χ4n) is 6.79. The predicted molar refractivity (Wildman–Crippen MR) is 323 cm³/mol. The van der Waals surface area contributed by atoms with Crippen LogP contribution in [0, 0.1) is 0 Å². The Morgan fingerprint density at radius 1 is 0.421 bits per heavy atom. The lowest BCUT2D eigenvalue weighted by Gasteiger charge is -2.28. The van der Waals surface area contributed by atoms with Gasteiger partial charge < -0.3 is 27.9 Å². The van der Waals surface area contributed by atoms with Gasteiger partial charge in [0.2, 0.25) is 0 Å². The first-order chi connectivity index (χ1) is 37.0. The molecule has 0 rings (SSSR count). The number of ether oxygens (including phenoxy) is 2. The van der Waals surface area contributed by atoms with E-state index in [2.05, 4.69) is 184 Å². The Hall–Kier alpha value is -4.63. The van der Waals surface area contributed by atoms with Crippen molar-refractivity contribution in [3.05, 3.63) is 170 Å². The molecule has 0 saturated carbocycles. The summed E-state index contributed by atoms with van der Waals surface area (Å²) in [4.78, 5) is 37.7. The summed E-state index contributed by atoms with van der Waals surface area (Å²) in [6.07, 6.45) is 84.2. The van der Waals surface area contributed by atoms with Gasteiger partial charge in [0.1, 0.15) is 19.8 Å². The predicted octanol–water partition coefficient (Wildman–Crippen LogP) is 17.6. The summed E-state index contributed by atoms with van der Waals surface area (Å²) in [5.74, 6) is -0.919. The third-order valence-electron chi connectivity index (χ3n) is 11.2. The average Bonchev–Trinajstić information content (AvgIpc) is 3.38. The molecule has 0 spiro atoms. The Morgan fingerprint density at radius 3 is 1.14 bits per heavy atom. The van der Waals surface area contributed by atoms with Crippen LogP contribution in [0.25, 0.3) is 0 Å². The van der Waals surface area contributed by atoms with Crippen LogP contribution >= 0.6 is 7.82 Å². The number of phosphoric acid groups is 1. The van der Waals surface area contributed by atoms with E-state index >= 15 is 0 Å². The summed E-state index contributed by atoms with van der Waals surface area (Å²) in [5.41, 5.74) is 0. The molecule has 0 aromatic carbocycles. The molecule has 2 unspecified atom stereocenters. The zero-order valence-corrected chi connectivity index (χ0v) is 49.0. The van der Waals surface area contributed by atoms with Crippen LogP contribution in [-0.2, 0) is 32.7 Å². The van der Waals surface area contributed by atoms with E-state index in [1.54, 1.807) is 0 Å². The Labute approximate surface area is 464 Å². The summed E-state index contributed by atoms with van der Waals surface area (Å²) in [5, 5.41) is 0. The van der Waals surface area contributed by atoms with Crippen molar-refractivity contribution >= 4 is 19.8 Å². The lowest BCUT2D eigenvalue weighted by atomic mass is 10.1. The van der Waals surface area contributed by atoms with Gasteiger partial charge in [0.05, 0.1) is 27.7 Å². The first-order valence-electron chi connectivity index (χ1n) is 28.8. The minimum Gasteiger partial charge on any atom is -0.756 e. The highest BCUT2D eigenvalue weighted by Crippen LogP contribution is 2.38. The number of carbonyl (C=O) groups is 2. The van der Waals surface area contributed by atoms with Gasteiger partial charge in [-0.25, -0.2) is 0 Å². The van der Waals surface area contributed by atoms with E-state index in [4.69, 9.17) is 18.5 Å². The maximum absolute atomic E-state index is 12.8. The maximum Gasteiger partial charge on any atom is 0.306 e. The Kier molecular flexibility index (Phi) is 51.8. The van der Waals surface area contributed by atoms with Gasteiger partial charge in [-0.2, -0.15) is 0 Å². The molecule has 0 heterocycles. The normalized spacial score (nSPS) is 14.6. The molecular weight excluding hydrogens is 966 g/mol. The summed E-state index contributed by atoms with van der Waals surface area (Å²) < 4.78 is 34.0. The number of unbranched alkanes of at least 4 members (excludes halogenated alkanes) is 8. The SMILES string of the molecule is CC/C=C\C/C=C\C/C=C\C/C=C\C/C=C\C/C=C\C/C=C\C/C=C\C/C=C\C/C=C\C/C=C\C/C=C\CCCCC(=O)OC(COC(=O)CCCCCCC/C=C\C/C=C\CCC)COP(=O)([O-])OCC[N+](C)(C)C. The molecule has 0 aromatic heterocycles. The lowest BCUT2D eigenvalue weighted by molar-refractivity contribution is -0.870. The van der Waals surface area contributed by atoms with Crippen LogP contribution in [0.15, 0.2) is 170 Å². The smallest absolute Gasteiger partial charge is 0.306 e. The molecule has 0 saturated heterocycles. The van der Waals surface area contributed by atoms with Crippen molar-refractivity contribution in [1.82, 2.24) is 0 Å². The Morgan fingerprint density at radius 2 is 0.750 bits per heavy atom. The highest BCUT2D eigenvalue weighted by Gasteiger charge is 2.21. The van der Waals surface area contributed by atoms with Crippen LogP contribution in [0.3, 0.4) is 0 Å². The van der Waals surface area contributed by atoms with Gasteiger partial charge in [0.15, 0.2) is 6.10 Å². The molecule has 76 heavy (non-hydrogen) atoms. The quantitative estimate of drug-likeness (QED) is 0.0195. The van der Waals surface area contributed by atoms with E-state index < -0.39 is 32.5 Å². The minimum atomic E-state index is -4.66. The molecule has 426 valence electrons. The number of phosphoric ester groups is 1. The van der Waals surface area contributed by atoms with Crippen molar-refractivity contribution in [2.75, 3.05) is 47.5 Å².